The van der Waals surface area contributed by atoms with E-state index in [0.29, 0.717) is 5.04 Å². The molecule has 0 atom stereocenters. The first kappa shape index (κ1) is 12.9. The SMILES string of the molecule is CC(C)(C)[Si](C)(C)OCC[13CH2]I. The van der Waals surface area contributed by atoms with Gasteiger partial charge >= 0.3 is 0 Å². The lowest BCUT2D eigenvalue weighted by Crippen LogP contribution is -2.41. The van der Waals surface area contributed by atoms with Crippen molar-refractivity contribution >= 4 is 30.9 Å². The summed E-state index contributed by atoms with van der Waals surface area (Å²) in [4.78, 5) is 0. The Balaban J connectivity index is 3.88. The summed E-state index contributed by atoms with van der Waals surface area (Å²) in [6.07, 6.45) is 1.19. The van der Waals surface area contributed by atoms with Gasteiger partial charge in [0, 0.05) is 11.0 Å². The van der Waals surface area contributed by atoms with E-state index in [1.165, 1.54) is 10.8 Å². The lowest BCUT2D eigenvalue weighted by Gasteiger charge is -2.36. The van der Waals surface area contributed by atoms with Crippen LogP contribution in [0.15, 0.2) is 0 Å². The predicted molar refractivity (Wildman–Crippen MR) is 66.7 cm³/mol. The van der Waals surface area contributed by atoms with Crippen molar-refractivity contribution in [3.8, 4) is 0 Å². The van der Waals surface area contributed by atoms with Gasteiger partial charge in [0.25, 0.3) is 0 Å². The lowest BCUT2D eigenvalue weighted by atomic mass is 10.2. The highest BCUT2D eigenvalue weighted by Gasteiger charge is 2.36. The van der Waals surface area contributed by atoms with E-state index in [2.05, 4.69) is 56.5 Å². The molecule has 0 N–H and O–H groups in total. The molecule has 0 rings (SSSR count). The molecule has 1 nitrogen and oxygen atoms in total. The van der Waals surface area contributed by atoms with Gasteiger partial charge in [0.05, 0.1) is 0 Å². The fourth-order valence-electron chi connectivity index (χ4n) is 0.598. The molecule has 0 saturated carbocycles. The fraction of sp³-hybridized carbons (Fsp3) is 1.00. The maximum Gasteiger partial charge on any atom is 0.191 e. The van der Waals surface area contributed by atoms with Crippen molar-refractivity contribution in [3.05, 3.63) is 0 Å². The topological polar surface area (TPSA) is 9.23 Å². The molecule has 0 aliphatic rings. The van der Waals surface area contributed by atoms with Gasteiger partial charge in [-0.1, -0.05) is 43.4 Å². The maximum absolute atomic E-state index is 5.97. The van der Waals surface area contributed by atoms with Crippen molar-refractivity contribution in [2.24, 2.45) is 0 Å². The summed E-state index contributed by atoms with van der Waals surface area (Å²) >= 11 is 2.40. The van der Waals surface area contributed by atoms with Crippen LogP contribution in [0.5, 0.6) is 0 Å². The average molecular weight is 301 g/mol. The molecule has 0 aliphatic heterocycles. The van der Waals surface area contributed by atoms with Gasteiger partial charge in [0.15, 0.2) is 8.32 Å². The van der Waals surface area contributed by atoms with Crippen LogP contribution >= 0.6 is 22.6 Å². The molecular weight excluding hydrogens is 280 g/mol. The van der Waals surface area contributed by atoms with E-state index in [-0.39, 0.29) is 0 Å². The van der Waals surface area contributed by atoms with Gasteiger partial charge in [-0.15, -0.1) is 0 Å². The summed E-state index contributed by atoms with van der Waals surface area (Å²) in [5.41, 5.74) is 0. The van der Waals surface area contributed by atoms with Crippen LogP contribution in [0.25, 0.3) is 0 Å². The molecule has 74 valence electrons. The second-order valence-corrected chi connectivity index (χ2v) is 10.5. The first-order valence-corrected chi connectivity index (χ1v) is 8.94. The minimum absolute atomic E-state index is 0.359. The molecule has 0 aromatic rings. The molecule has 0 aromatic carbocycles. The summed E-state index contributed by atoms with van der Waals surface area (Å²) in [6.45, 7) is 12.4. The summed E-state index contributed by atoms with van der Waals surface area (Å²) in [5, 5.41) is 0.359. The van der Waals surface area contributed by atoms with E-state index >= 15 is 0 Å². The second-order valence-electron chi connectivity index (χ2n) is 4.65. The van der Waals surface area contributed by atoms with Gasteiger partial charge in [-0.05, 0) is 24.6 Å². The van der Waals surface area contributed by atoms with Crippen molar-refractivity contribution < 1.29 is 4.43 Å². The van der Waals surface area contributed by atoms with E-state index in [0.717, 1.165) is 6.61 Å². The number of halogens is 1. The zero-order valence-corrected chi connectivity index (χ0v) is 12.1. The molecule has 0 aromatic heterocycles. The molecule has 0 spiro atoms. The summed E-state index contributed by atoms with van der Waals surface area (Å²) < 4.78 is 7.17. The van der Waals surface area contributed by atoms with E-state index in [1.54, 1.807) is 0 Å². The summed E-state index contributed by atoms with van der Waals surface area (Å²) in [7, 11) is -1.45. The van der Waals surface area contributed by atoms with Crippen molar-refractivity contribution in [1.29, 1.82) is 0 Å². The third-order valence-electron chi connectivity index (χ3n) is 2.55. The molecular formula is C9H21IOSi. The Bertz CT molecular complexity index is 129. The van der Waals surface area contributed by atoms with Crippen LogP contribution in [0.3, 0.4) is 0 Å². The Morgan fingerprint density at radius 2 is 1.75 bits per heavy atom. The van der Waals surface area contributed by atoms with Crippen molar-refractivity contribution in [3.63, 3.8) is 0 Å². The predicted octanol–water partition coefficient (Wildman–Crippen LogP) is 3.83. The quantitative estimate of drug-likeness (QED) is 0.252. The average Bonchev–Trinajstić information content (AvgIpc) is 1.85. The second kappa shape index (κ2) is 4.96. The van der Waals surface area contributed by atoms with Gasteiger partial charge in [0.2, 0.25) is 0 Å². The first-order valence-electron chi connectivity index (χ1n) is 4.51. The van der Waals surface area contributed by atoms with Crippen LogP contribution in [-0.4, -0.2) is 19.4 Å². The molecule has 12 heavy (non-hydrogen) atoms. The Hall–Kier alpha value is 0.907. The fourth-order valence-corrected chi connectivity index (χ4v) is 2.00. The van der Waals surface area contributed by atoms with Crippen LogP contribution in [-0.2, 0) is 4.43 Å². The smallest absolute Gasteiger partial charge is 0.191 e. The van der Waals surface area contributed by atoms with Crippen LogP contribution in [0.1, 0.15) is 27.2 Å². The van der Waals surface area contributed by atoms with Gasteiger partial charge in [-0.2, -0.15) is 0 Å². The van der Waals surface area contributed by atoms with Crippen molar-refractivity contribution in [2.75, 3.05) is 11.0 Å². The Morgan fingerprint density at radius 3 is 2.08 bits per heavy atom. The molecule has 3 heteroatoms. The molecule has 0 unspecified atom stereocenters. The lowest BCUT2D eigenvalue weighted by molar-refractivity contribution is 0.290. The standard InChI is InChI=1S/C9H21IOSi/c1-9(2,3)12(4,5)11-8-6-7-10/h6-8H2,1-5H3/i7+1. The maximum atomic E-state index is 5.97. The third-order valence-corrected chi connectivity index (χ3v) is 7.85. The third kappa shape index (κ3) is 4.23. The van der Waals surface area contributed by atoms with Gasteiger partial charge in [0.1, 0.15) is 0 Å². The monoisotopic (exact) mass is 301 g/mol. The van der Waals surface area contributed by atoms with E-state index in [9.17, 15) is 0 Å². The summed E-state index contributed by atoms with van der Waals surface area (Å²) in [5.74, 6) is 0. The van der Waals surface area contributed by atoms with Crippen LogP contribution in [0, 0.1) is 0 Å². The zero-order chi connectivity index (χ0) is 9.83. The van der Waals surface area contributed by atoms with E-state index < -0.39 is 8.32 Å². The summed E-state index contributed by atoms with van der Waals surface area (Å²) in [6, 6.07) is 0. The van der Waals surface area contributed by atoms with E-state index in [4.69, 9.17) is 4.43 Å². The zero-order valence-electron chi connectivity index (χ0n) is 8.91. The van der Waals surface area contributed by atoms with Gasteiger partial charge < -0.3 is 4.43 Å². The number of rotatable bonds is 4. The number of alkyl halides is 1. The Morgan fingerprint density at radius 1 is 1.25 bits per heavy atom. The van der Waals surface area contributed by atoms with Crippen LogP contribution < -0.4 is 0 Å². The molecule has 0 heterocycles. The molecule has 0 bridgehead atoms. The largest absolute Gasteiger partial charge is 0.417 e. The number of hydrogen-bond donors (Lipinski definition) is 0. The van der Waals surface area contributed by atoms with Gasteiger partial charge in [-0.3, -0.25) is 0 Å². The van der Waals surface area contributed by atoms with Gasteiger partial charge in [-0.25, -0.2) is 0 Å². The minimum atomic E-state index is -1.45. The molecule has 0 radical (unpaired) electrons. The molecule has 0 fully saturated rings. The molecule has 0 aliphatic carbocycles. The van der Waals surface area contributed by atoms with Crippen molar-refractivity contribution in [2.45, 2.75) is 45.3 Å². The highest BCUT2D eigenvalue weighted by atomic mass is 127. The highest BCUT2D eigenvalue weighted by Crippen LogP contribution is 2.36. The number of hydrogen-bond acceptors (Lipinski definition) is 1. The Labute approximate surface area is 91.5 Å². The molecule has 0 saturated heterocycles. The van der Waals surface area contributed by atoms with Crippen molar-refractivity contribution in [1.82, 2.24) is 0 Å². The normalized spacial score (nSPS) is 13.5. The van der Waals surface area contributed by atoms with E-state index in [1.807, 2.05) is 0 Å². The van der Waals surface area contributed by atoms with Crippen LogP contribution in [0.4, 0.5) is 0 Å². The Kier molecular flexibility index (Phi) is 5.33. The first-order chi connectivity index (χ1) is 5.31. The highest BCUT2D eigenvalue weighted by molar-refractivity contribution is 14.1. The van der Waals surface area contributed by atoms with Crippen LogP contribution in [0.2, 0.25) is 18.1 Å². The minimum Gasteiger partial charge on any atom is -0.417 e. The molecule has 0 amide bonds.